The Balaban J connectivity index is 1.87. The molecular weight excluding hydrogens is 362 g/mol. The fourth-order valence-electron chi connectivity index (χ4n) is 2.35. The number of carbonyl (C=O) groups is 3. The fourth-order valence-corrected chi connectivity index (χ4v) is 2.77. The van der Waals surface area contributed by atoms with Crippen molar-refractivity contribution in [2.75, 3.05) is 6.54 Å². The Labute approximate surface area is 144 Å². The molecule has 1 atom stereocenters. The monoisotopic (exact) mass is 381 g/mol. The molecule has 0 bridgehead atoms. The van der Waals surface area contributed by atoms with Crippen molar-refractivity contribution < 1.29 is 19.1 Å². The second-order valence-electron chi connectivity index (χ2n) is 6.45. The summed E-state index contributed by atoms with van der Waals surface area (Å²) in [6.45, 7) is 5.72. The summed E-state index contributed by atoms with van der Waals surface area (Å²) in [5.74, 6) is -0.872. The van der Waals surface area contributed by atoms with Crippen LogP contribution in [0.15, 0.2) is 24.3 Å². The molecule has 0 fully saturated rings. The highest BCUT2D eigenvalue weighted by atomic mass is 79.9. The van der Waals surface area contributed by atoms with Gasteiger partial charge >= 0.3 is 5.97 Å². The maximum absolute atomic E-state index is 12.2. The summed E-state index contributed by atoms with van der Waals surface area (Å²) in [6.07, 6.45) is 1.02. The maximum atomic E-state index is 12.2. The van der Waals surface area contributed by atoms with Crippen LogP contribution in [0.3, 0.4) is 0 Å². The zero-order chi connectivity index (χ0) is 17.2. The molecule has 124 valence electrons. The van der Waals surface area contributed by atoms with E-state index in [9.17, 15) is 14.4 Å². The first-order chi connectivity index (χ1) is 10.7. The summed E-state index contributed by atoms with van der Waals surface area (Å²) in [7, 11) is 0. The van der Waals surface area contributed by atoms with Crippen LogP contribution in [0, 0.1) is 0 Å². The predicted molar refractivity (Wildman–Crippen MR) is 89.6 cm³/mol. The lowest BCUT2D eigenvalue weighted by atomic mass is 10.1. The number of ether oxygens (including phenoxy) is 1. The molecule has 1 aromatic carbocycles. The molecule has 23 heavy (non-hydrogen) atoms. The van der Waals surface area contributed by atoms with E-state index >= 15 is 0 Å². The van der Waals surface area contributed by atoms with Gasteiger partial charge in [0.1, 0.15) is 10.4 Å². The smallest absolute Gasteiger partial charge is 0.320 e. The van der Waals surface area contributed by atoms with E-state index in [1.54, 1.807) is 24.3 Å². The summed E-state index contributed by atoms with van der Waals surface area (Å²) in [6, 6.07) is 6.79. The lowest BCUT2D eigenvalue weighted by Crippen LogP contribution is -2.32. The predicted octanol–water partition coefficient (Wildman–Crippen LogP) is 3.17. The normalized spacial score (nSPS) is 15.6. The third-order valence-corrected chi connectivity index (χ3v) is 4.21. The van der Waals surface area contributed by atoms with Crippen molar-refractivity contribution in [3.8, 4) is 0 Å². The number of halogens is 1. The maximum Gasteiger partial charge on any atom is 0.320 e. The van der Waals surface area contributed by atoms with Gasteiger partial charge in [-0.3, -0.25) is 19.3 Å². The standard InChI is InChI=1S/C17H20BrNO4/c1-17(2,3)23-16(22)13(18)9-6-10-19-14(20)11-7-4-5-8-12(11)15(19)21/h4-5,7-8,13H,6,9-10H2,1-3H3. The van der Waals surface area contributed by atoms with Gasteiger partial charge in [-0.1, -0.05) is 28.1 Å². The average molecular weight is 382 g/mol. The molecule has 1 unspecified atom stereocenters. The minimum Gasteiger partial charge on any atom is -0.459 e. The Morgan fingerprint density at radius 1 is 1.17 bits per heavy atom. The van der Waals surface area contributed by atoms with Gasteiger partial charge in [0.15, 0.2) is 0 Å². The van der Waals surface area contributed by atoms with E-state index in [1.165, 1.54) is 4.90 Å². The number of hydrogen-bond acceptors (Lipinski definition) is 4. The Morgan fingerprint density at radius 3 is 2.17 bits per heavy atom. The van der Waals surface area contributed by atoms with Gasteiger partial charge in [0.05, 0.1) is 11.1 Å². The van der Waals surface area contributed by atoms with Gasteiger partial charge in [-0.15, -0.1) is 0 Å². The zero-order valence-corrected chi connectivity index (χ0v) is 15.1. The molecule has 0 radical (unpaired) electrons. The molecule has 1 heterocycles. The lowest BCUT2D eigenvalue weighted by Gasteiger charge is -2.22. The van der Waals surface area contributed by atoms with Crippen molar-refractivity contribution in [2.24, 2.45) is 0 Å². The molecule has 0 saturated heterocycles. The number of alkyl halides is 1. The van der Waals surface area contributed by atoms with E-state index in [2.05, 4.69) is 15.9 Å². The number of carbonyl (C=O) groups excluding carboxylic acids is 3. The highest BCUT2D eigenvalue weighted by Crippen LogP contribution is 2.23. The van der Waals surface area contributed by atoms with Crippen molar-refractivity contribution in [1.29, 1.82) is 0 Å². The molecule has 0 aromatic heterocycles. The van der Waals surface area contributed by atoms with E-state index in [0.29, 0.717) is 24.0 Å². The van der Waals surface area contributed by atoms with E-state index in [4.69, 9.17) is 4.74 Å². The Bertz CT molecular complexity index is 601. The van der Waals surface area contributed by atoms with E-state index in [0.717, 1.165) is 0 Å². The topological polar surface area (TPSA) is 63.7 Å². The average Bonchev–Trinajstić information content (AvgIpc) is 2.71. The molecule has 0 N–H and O–H groups in total. The third-order valence-electron chi connectivity index (χ3n) is 3.38. The van der Waals surface area contributed by atoms with Crippen LogP contribution in [0.1, 0.15) is 54.3 Å². The highest BCUT2D eigenvalue weighted by molar-refractivity contribution is 9.10. The zero-order valence-electron chi connectivity index (χ0n) is 13.5. The third kappa shape index (κ3) is 4.19. The molecule has 1 aliphatic heterocycles. The van der Waals surface area contributed by atoms with Gasteiger partial charge in [0.2, 0.25) is 0 Å². The first kappa shape index (κ1) is 17.7. The van der Waals surface area contributed by atoms with Crippen molar-refractivity contribution in [3.05, 3.63) is 35.4 Å². The van der Waals surface area contributed by atoms with Crippen LogP contribution in [0.2, 0.25) is 0 Å². The minimum atomic E-state index is -0.536. The number of hydrogen-bond donors (Lipinski definition) is 0. The number of imide groups is 1. The summed E-state index contributed by atoms with van der Waals surface area (Å²) >= 11 is 3.30. The van der Waals surface area contributed by atoms with E-state index < -0.39 is 10.4 Å². The van der Waals surface area contributed by atoms with Gasteiger partial charge in [-0.05, 0) is 45.7 Å². The molecule has 0 saturated carbocycles. The molecule has 2 amide bonds. The SMILES string of the molecule is CC(C)(C)OC(=O)C(Br)CCCN1C(=O)c2ccccc2C1=O. The summed E-state index contributed by atoms with van der Waals surface area (Å²) < 4.78 is 5.28. The Hall–Kier alpha value is -1.69. The minimum absolute atomic E-state index is 0.269. The molecule has 6 heteroatoms. The van der Waals surface area contributed by atoms with E-state index in [-0.39, 0.29) is 24.3 Å². The second-order valence-corrected chi connectivity index (χ2v) is 7.56. The first-order valence-corrected chi connectivity index (χ1v) is 8.44. The molecule has 1 aliphatic rings. The largest absolute Gasteiger partial charge is 0.459 e. The molecule has 0 spiro atoms. The summed E-state index contributed by atoms with van der Waals surface area (Å²) in [5, 5.41) is 0. The van der Waals surface area contributed by atoms with Crippen LogP contribution in [-0.4, -0.2) is 39.7 Å². The van der Waals surface area contributed by atoms with Crippen LogP contribution >= 0.6 is 15.9 Å². The van der Waals surface area contributed by atoms with Gasteiger partial charge in [0.25, 0.3) is 11.8 Å². The van der Waals surface area contributed by atoms with Crippen LogP contribution in [0.25, 0.3) is 0 Å². The Morgan fingerprint density at radius 2 is 1.70 bits per heavy atom. The number of fused-ring (bicyclic) bond motifs is 1. The first-order valence-electron chi connectivity index (χ1n) is 7.53. The van der Waals surface area contributed by atoms with Crippen LogP contribution in [0.4, 0.5) is 0 Å². The number of esters is 1. The molecule has 0 aliphatic carbocycles. The van der Waals surface area contributed by atoms with Crippen molar-refractivity contribution in [1.82, 2.24) is 4.90 Å². The molecule has 1 aromatic rings. The quantitative estimate of drug-likeness (QED) is 0.446. The number of benzene rings is 1. The second kappa shape index (κ2) is 6.83. The fraction of sp³-hybridized carbons (Fsp3) is 0.471. The number of amides is 2. The van der Waals surface area contributed by atoms with Crippen molar-refractivity contribution in [2.45, 2.75) is 44.0 Å². The molecule has 2 rings (SSSR count). The lowest BCUT2D eigenvalue weighted by molar-refractivity contribution is -0.154. The van der Waals surface area contributed by atoms with Crippen LogP contribution < -0.4 is 0 Å². The van der Waals surface area contributed by atoms with Crippen LogP contribution in [-0.2, 0) is 9.53 Å². The number of nitrogens with zero attached hydrogens (tertiary/aromatic N) is 1. The van der Waals surface area contributed by atoms with Gasteiger partial charge in [-0.25, -0.2) is 0 Å². The van der Waals surface area contributed by atoms with Gasteiger partial charge < -0.3 is 4.74 Å². The molecular formula is C17H20BrNO4. The van der Waals surface area contributed by atoms with Gasteiger partial charge in [-0.2, -0.15) is 0 Å². The number of rotatable bonds is 5. The van der Waals surface area contributed by atoms with Crippen molar-refractivity contribution >= 4 is 33.7 Å². The summed E-state index contributed by atoms with van der Waals surface area (Å²) in [5.41, 5.74) is 0.353. The van der Waals surface area contributed by atoms with Crippen LogP contribution in [0.5, 0.6) is 0 Å². The highest BCUT2D eigenvalue weighted by Gasteiger charge is 2.34. The summed E-state index contributed by atoms with van der Waals surface area (Å²) in [4.78, 5) is 37.1. The molecule has 5 nitrogen and oxygen atoms in total. The van der Waals surface area contributed by atoms with E-state index in [1.807, 2.05) is 20.8 Å². The van der Waals surface area contributed by atoms with Crippen molar-refractivity contribution in [3.63, 3.8) is 0 Å². The van der Waals surface area contributed by atoms with Gasteiger partial charge in [0, 0.05) is 6.54 Å². The Kier molecular flexibility index (Phi) is 5.24.